The van der Waals surface area contributed by atoms with E-state index in [2.05, 4.69) is 15.3 Å². The van der Waals surface area contributed by atoms with Crippen LogP contribution >= 0.6 is 0 Å². The topological polar surface area (TPSA) is 69.0 Å². The predicted molar refractivity (Wildman–Crippen MR) is 86.9 cm³/mol. The highest BCUT2D eigenvalue weighted by Crippen LogP contribution is 2.21. The summed E-state index contributed by atoms with van der Waals surface area (Å²) in [6.07, 6.45) is 7.04. The van der Waals surface area contributed by atoms with E-state index in [1.54, 1.807) is 30.6 Å². The second kappa shape index (κ2) is 6.74. The van der Waals surface area contributed by atoms with Crippen LogP contribution < -0.4 is 10.1 Å². The monoisotopic (exact) mass is 308 g/mol. The van der Waals surface area contributed by atoms with E-state index in [1.807, 2.05) is 42.1 Å². The van der Waals surface area contributed by atoms with Gasteiger partial charge in [0.1, 0.15) is 11.4 Å². The molecule has 0 aliphatic rings. The van der Waals surface area contributed by atoms with Crippen molar-refractivity contribution in [1.29, 1.82) is 0 Å². The van der Waals surface area contributed by atoms with Crippen LogP contribution in [0, 0.1) is 0 Å². The fourth-order valence-corrected chi connectivity index (χ4v) is 2.13. The first-order valence-corrected chi connectivity index (χ1v) is 7.26. The van der Waals surface area contributed by atoms with E-state index in [9.17, 15) is 4.79 Å². The minimum atomic E-state index is -0.312. The molecule has 0 saturated carbocycles. The lowest BCUT2D eigenvalue weighted by atomic mass is 10.3. The Morgan fingerprint density at radius 1 is 1.17 bits per heavy atom. The Balaban J connectivity index is 1.83. The predicted octanol–water partition coefficient (Wildman–Crippen LogP) is 2.92. The molecular formula is C17H16N4O2. The number of pyridine rings is 2. The quantitative estimate of drug-likeness (QED) is 0.787. The van der Waals surface area contributed by atoms with Gasteiger partial charge in [-0.15, -0.1) is 0 Å². The second-order valence-electron chi connectivity index (χ2n) is 4.73. The van der Waals surface area contributed by atoms with Gasteiger partial charge in [-0.2, -0.15) is 0 Å². The molecule has 0 aromatic carbocycles. The Labute approximate surface area is 133 Å². The van der Waals surface area contributed by atoms with Crippen LogP contribution in [0.1, 0.15) is 17.4 Å². The van der Waals surface area contributed by atoms with E-state index in [0.29, 0.717) is 23.9 Å². The number of hydrogen-bond donors (Lipinski definition) is 1. The maximum Gasteiger partial charge on any atom is 0.274 e. The van der Waals surface area contributed by atoms with Crippen LogP contribution in [-0.2, 0) is 0 Å². The lowest BCUT2D eigenvalue weighted by molar-refractivity contribution is 0.102. The smallest absolute Gasteiger partial charge is 0.274 e. The summed E-state index contributed by atoms with van der Waals surface area (Å²) in [5, 5.41) is 2.79. The summed E-state index contributed by atoms with van der Waals surface area (Å²) in [5.41, 5.74) is 1.71. The molecule has 0 aliphatic heterocycles. The summed E-state index contributed by atoms with van der Waals surface area (Å²) in [4.78, 5) is 20.7. The van der Waals surface area contributed by atoms with Gasteiger partial charge in [0, 0.05) is 30.5 Å². The molecule has 0 atom stereocenters. The number of carbonyl (C=O) groups is 1. The lowest BCUT2D eigenvalue weighted by Crippen LogP contribution is -2.15. The highest BCUT2D eigenvalue weighted by molar-refractivity contribution is 6.03. The molecule has 0 radical (unpaired) electrons. The van der Waals surface area contributed by atoms with Crippen LogP contribution in [0.2, 0.25) is 0 Å². The Bertz CT molecular complexity index is 800. The molecule has 0 unspecified atom stereocenters. The summed E-state index contributed by atoms with van der Waals surface area (Å²) in [6.45, 7) is 2.34. The van der Waals surface area contributed by atoms with Crippen molar-refractivity contribution >= 4 is 11.6 Å². The zero-order valence-corrected chi connectivity index (χ0v) is 12.6. The van der Waals surface area contributed by atoms with Crippen molar-refractivity contribution < 1.29 is 9.53 Å². The van der Waals surface area contributed by atoms with Gasteiger partial charge in [-0.05, 0) is 43.3 Å². The molecule has 3 aromatic rings. The van der Waals surface area contributed by atoms with E-state index in [-0.39, 0.29) is 5.91 Å². The van der Waals surface area contributed by atoms with Gasteiger partial charge in [0.05, 0.1) is 6.61 Å². The first-order chi connectivity index (χ1) is 11.3. The third-order valence-electron chi connectivity index (χ3n) is 3.18. The molecule has 0 aliphatic carbocycles. The maximum atomic E-state index is 12.4. The molecule has 6 nitrogen and oxygen atoms in total. The van der Waals surface area contributed by atoms with E-state index >= 15 is 0 Å². The first kappa shape index (κ1) is 14.8. The number of ether oxygens (including phenoxy) is 1. The maximum absolute atomic E-state index is 12.4. The molecule has 0 spiro atoms. The average Bonchev–Trinajstić information content (AvgIpc) is 3.11. The Morgan fingerprint density at radius 3 is 2.78 bits per heavy atom. The van der Waals surface area contributed by atoms with E-state index in [0.717, 1.165) is 5.69 Å². The zero-order valence-electron chi connectivity index (χ0n) is 12.6. The molecule has 0 bridgehead atoms. The fraction of sp³-hybridized carbons (Fsp3) is 0.118. The summed E-state index contributed by atoms with van der Waals surface area (Å²) in [7, 11) is 0. The number of nitrogens with one attached hydrogen (secondary N) is 1. The van der Waals surface area contributed by atoms with Crippen molar-refractivity contribution in [2.75, 3.05) is 11.9 Å². The van der Waals surface area contributed by atoms with Gasteiger partial charge in [-0.3, -0.25) is 9.78 Å². The second-order valence-corrected chi connectivity index (χ2v) is 4.73. The van der Waals surface area contributed by atoms with E-state index in [4.69, 9.17) is 4.74 Å². The molecule has 3 rings (SSSR count). The minimum absolute atomic E-state index is 0.312. The van der Waals surface area contributed by atoms with Gasteiger partial charge in [-0.25, -0.2) is 4.98 Å². The van der Waals surface area contributed by atoms with Crippen molar-refractivity contribution in [3.8, 4) is 11.6 Å². The van der Waals surface area contributed by atoms with Crippen LogP contribution in [0.25, 0.3) is 5.69 Å². The Morgan fingerprint density at radius 2 is 2.00 bits per heavy atom. The van der Waals surface area contributed by atoms with Crippen molar-refractivity contribution in [1.82, 2.24) is 14.5 Å². The zero-order chi connectivity index (χ0) is 16.1. The first-order valence-electron chi connectivity index (χ1n) is 7.26. The van der Waals surface area contributed by atoms with Gasteiger partial charge < -0.3 is 14.6 Å². The van der Waals surface area contributed by atoms with Crippen LogP contribution in [0.4, 0.5) is 5.69 Å². The van der Waals surface area contributed by atoms with Gasteiger partial charge in [-0.1, -0.05) is 0 Å². The molecular weight excluding hydrogens is 292 g/mol. The van der Waals surface area contributed by atoms with Crippen LogP contribution in [0.3, 0.4) is 0 Å². The minimum Gasteiger partial charge on any atom is -0.476 e. The van der Waals surface area contributed by atoms with Crippen molar-refractivity contribution in [2.24, 2.45) is 0 Å². The van der Waals surface area contributed by atoms with Crippen molar-refractivity contribution in [2.45, 2.75) is 6.92 Å². The van der Waals surface area contributed by atoms with E-state index in [1.165, 1.54) is 0 Å². The molecule has 1 N–H and O–H groups in total. The SMILES string of the molecule is CCOc1ncccc1NC(=O)c1cc(-n2cccc2)ccn1. The van der Waals surface area contributed by atoms with Gasteiger partial charge in [0.2, 0.25) is 5.88 Å². The standard InChI is InChI=1S/C17H16N4O2/c1-2-23-17-14(6-5-8-19-17)20-16(22)15-12-13(7-9-18-15)21-10-3-4-11-21/h3-12H,2H2,1H3,(H,20,22). The fourth-order valence-electron chi connectivity index (χ4n) is 2.13. The normalized spacial score (nSPS) is 10.3. The Hall–Kier alpha value is -3.15. The van der Waals surface area contributed by atoms with E-state index < -0.39 is 0 Å². The third kappa shape index (κ3) is 3.37. The molecule has 3 heterocycles. The summed E-state index contributed by atoms with van der Waals surface area (Å²) in [6, 6.07) is 10.9. The number of amides is 1. The van der Waals surface area contributed by atoms with Crippen LogP contribution in [0.5, 0.6) is 5.88 Å². The summed E-state index contributed by atoms with van der Waals surface area (Å²) >= 11 is 0. The molecule has 0 fully saturated rings. The Kier molecular flexibility index (Phi) is 4.33. The summed E-state index contributed by atoms with van der Waals surface area (Å²) < 4.78 is 7.32. The van der Waals surface area contributed by atoms with Crippen LogP contribution in [0.15, 0.2) is 61.2 Å². The average molecular weight is 308 g/mol. The number of nitrogens with zero attached hydrogens (tertiary/aromatic N) is 3. The molecule has 23 heavy (non-hydrogen) atoms. The highest BCUT2D eigenvalue weighted by atomic mass is 16.5. The molecule has 3 aromatic heterocycles. The molecule has 0 saturated heterocycles. The number of aromatic nitrogens is 3. The molecule has 1 amide bonds. The molecule has 116 valence electrons. The van der Waals surface area contributed by atoms with Crippen molar-refractivity contribution in [3.05, 3.63) is 66.9 Å². The van der Waals surface area contributed by atoms with Crippen molar-refractivity contribution in [3.63, 3.8) is 0 Å². The highest BCUT2D eigenvalue weighted by Gasteiger charge is 2.12. The number of carbonyl (C=O) groups excluding carboxylic acids is 1. The largest absolute Gasteiger partial charge is 0.476 e. The molecule has 6 heteroatoms. The number of rotatable bonds is 5. The van der Waals surface area contributed by atoms with Gasteiger partial charge in [0.15, 0.2) is 0 Å². The third-order valence-corrected chi connectivity index (χ3v) is 3.18. The number of anilines is 1. The van der Waals surface area contributed by atoms with Crippen LogP contribution in [-0.4, -0.2) is 27.0 Å². The number of hydrogen-bond acceptors (Lipinski definition) is 4. The lowest BCUT2D eigenvalue weighted by Gasteiger charge is -2.10. The summed E-state index contributed by atoms with van der Waals surface area (Å²) in [5.74, 6) is 0.0814. The van der Waals surface area contributed by atoms with Gasteiger partial charge >= 0.3 is 0 Å². The van der Waals surface area contributed by atoms with Gasteiger partial charge in [0.25, 0.3) is 5.91 Å².